The summed E-state index contributed by atoms with van der Waals surface area (Å²) in [6.45, 7) is 7.02. The molecule has 106 valence electrons. The summed E-state index contributed by atoms with van der Waals surface area (Å²) in [6.07, 6.45) is 1.11. The molecule has 2 aromatic rings. The summed E-state index contributed by atoms with van der Waals surface area (Å²) in [5.74, 6) is 1.48. The Labute approximate surface area is 121 Å². The highest BCUT2D eigenvalue weighted by Crippen LogP contribution is 2.29. The minimum atomic E-state index is 0.508. The van der Waals surface area contributed by atoms with Crippen LogP contribution >= 0.6 is 0 Å². The van der Waals surface area contributed by atoms with Gasteiger partial charge in [-0.15, -0.1) is 0 Å². The van der Waals surface area contributed by atoms with E-state index in [4.69, 9.17) is 10.5 Å². The van der Waals surface area contributed by atoms with Crippen molar-refractivity contribution >= 4 is 5.69 Å². The van der Waals surface area contributed by atoms with Gasteiger partial charge in [-0.05, 0) is 48.1 Å². The molecule has 20 heavy (non-hydrogen) atoms. The molecule has 2 rings (SSSR count). The Morgan fingerprint density at radius 2 is 1.85 bits per heavy atom. The van der Waals surface area contributed by atoms with Crippen molar-refractivity contribution < 1.29 is 4.74 Å². The lowest BCUT2D eigenvalue weighted by molar-refractivity contribution is 0.300. The molecule has 0 aliphatic heterocycles. The standard InChI is InChI=1S/C18H23NO/c1-4-13(2)16-9-5-6-11-18(16)20-12-15-8-7-10-17(19)14(15)3/h5-11,13H,4,12,19H2,1-3H3. The fourth-order valence-corrected chi connectivity index (χ4v) is 2.25. The summed E-state index contributed by atoms with van der Waals surface area (Å²) in [5.41, 5.74) is 10.3. The van der Waals surface area contributed by atoms with E-state index < -0.39 is 0 Å². The van der Waals surface area contributed by atoms with Crippen molar-refractivity contribution in [2.75, 3.05) is 5.73 Å². The van der Waals surface area contributed by atoms with Gasteiger partial charge in [0.1, 0.15) is 12.4 Å². The van der Waals surface area contributed by atoms with Crippen LogP contribution in [0.2, 0.25) is 0 Å². The van der Waals surface area contributed by atoms with Crippen molar-refractivity contribution in [1.82, 2.24) is 0 Å². The summed E-state index contributed by atoms with van der Waals surface area (Å²) >= 11 is 0. The first-order valence-corrected chi connectivity index (χ1v) is 7.19. The molecule has 0 aromatic heterocycles. The van der Waals surface area contributed by atoms with Gasteiger partial charge in [0.25, 0.3) is 0 Å². The molecule has 2 nitrogen and oxygen atoms in total. The summed E-state index contributed by atoms with van der Waals surface area (Å²) in [7, 11) is 0. The lowest BCUT2D eigenvalue weighted by Gasteiger charge is -2.16. The first-order chi connectivity index (χ1) is 9.63. The van der Waals surface area contributed by atoms with E-state index in [0.29, 0.717) is 12.5 Å². The zero-order valence-electron chi connectivity index (χ0n) is 12.5. The van der Waals surface area contributed by atoms with Gasteiger partial charge in [0.05, 0.1) is 0 Å². The molecule has 0 saturated carbocycles. The molecule has 0 bridgehead atoms. The second-order valence-electron chi connectivity index (χ2n) is 5.27. The van der Waals surface area contributed by atoms with Crippen molar-refractivity contribution in [3.05, 3.63) is 59.2 Å². The van der Waals surface area contributed by atoms with Crippen LogP contribution in [0.3, 0.4) is 0 Å². The molecular weight excluding hydrogens is 246 g/mol. The Bertz CT molecular complexity index is 577. The van der Waals surface area contributed by atoms with E-state index in [1.807, 2.05) is 31.2 Å². The van der Waals surface area contributed by atoms with Crippen LogP contribution in [0.15, 0.2) is 42.5 Å². The van der Waals surface area contributed by atoms with Crippen molar-refractivity contribution in [1.29, 1.82) is 0 Å². The molecule has 0 spiro atoms. The summed E-state index contributed by atoms with van der Waals surface area (Å²) in [6, 6.07) is 14.2. The van der Waals surface area contributed by atoms with Gasteiger partial charge in [-0.3, -0.25) is 0 Å². The third-order valence-corrected chi connectivity index (χ3v) is 3.93. The highest BCUT2D eigenvalue weighted by Gasteiger charge is 2.10. The zero-order valence-corrected chi connectivity index (χ0v) is 12.5. The van der Waals surface area contributed by atoms with Crippen LogP contribution in [0.5, 0.6) is 5.75 Å². The quantitative estimate of drug-likeness (QED) is 0.800. The van der Waals surface area contributed by atoms with Gasteiger partial charge in [-0.2, -0.15) is 0 Å². The predicted octanol–water partition coefficient (Wildman–Crippen LogP) is 4.67. The number of hydrogen-bond donors (Lipinski definition) is 1. The third-order valence-electron chi connectivity index (χ3n) is 3.93. The number of hydrogen-bond acceptors (Lipinski definition) is 2. The minimum absolute atomic E-state index is 0.508. The molecule has 2 N–H and O–H groups in total. The van der Waals surface area contributed by atoms with E-state index in [1.165, 1.54) is 5.56 Å². The molecule has 2 heteroatoms. The molecule has 2 aromatic carbocycles. The molecule has 1 unspecified atom stereocenters. The fourth-order valence-electron chi connectivity index (χ4n) is 2.25. The van der Waals surface area contributed by atoms with Gasteiger partial charge < -0.3 is 10.5 Å². The van der Waals surface area contributed by atoms with E-state index >= 15 is 0 Å². The normalized spacial score (nSPS) is 12.2. The summed E-state index contributed by atoms with van der Waals surface area (Å²) in [5, 5.41) is 0. The number of para-hydroxylation sites is 1. The average Bonchev–Trinajstić information content (AvgIpc) is 2.48. The molecule has 0 fully saturated rings. The molecule has 1 atom stereocenters. The number of anilines is 1. The second-order valence-corrected chi connectivity index (χ2v) is 5.27. The topological polar surface area (TPSA) is 35.2 Å². The molecule has 0 amide bonds. The molecule has 0 heterocycles. The monoisotopic (exact) mass is 269 g/mol. The smallest absolute Gasteiger partial charge is 0.123 e. The van der Waals surface area contributed by atoms with E-state index in [9.17, 15) is 0 Å². The number of ether oxygens (including phenoxy) is 1. The van der Waals surface area contributed by atoms with Gasteiger partial charge in [0.2, 0.25) is 0 Å². The molecule has 0 aliphatic rings. The zero-order chi connectivity index (χ0) is 14.5. The average molecular weight is 269 g/mol. The first-order valence-electron chi connectivity index (χ1n) is 7.19. The van der Waals surface area contributed by atoms with Crippen molar-refractivity contribution in [2.24, 2.45) is 0 Å². The van der Waals surface area contributed by atoms with Crippen molar-refractivity contribution in [2.45, 2.75) is 39.7 Å². The van der Waals surface area contributed by atoms with E-state index in [-0.39, 0.29) is 0 Å². The van der Waals surface area contributed by atoms with Crippen LogP contribution in [0, 0.1) is 6.92 Å². The SMILES string of the molecule is CCC(C)c1ccccc1OCc1cccc(N)c1C. The van der Waals surface area contributed by atoms with Crippen LogP contribution in [0.25, 0.3) is 0 Å². The second kappa shape index (κ2) is 6.47. The lowest BCUT2D eigenvalue weighted by Crippen LogP contribution is -2.03. The predicted molar refractivity (Wildman–Crippen MR) is 85.1 cm³/mol. The molecule has 0 radical (unpaired) electrons. The maximum atomic E-state index is 6.03. The molecular formula is C18H23NO. The molecule has 0 aliphatic carbocycles. The highest BCUT2D eigenvalue weighted by atomic mass is 16.5. The minimum Gasteiger partial charge on any atom is -0.489 e. The van der Waals surface area contributed by atoms with E-state index in [1.54, 1.807) is 0 Å². The summed E-state index contributed by atoms with van der Waals surface area (Å²) < 4.78 is 6.03. The Morgan fingerprint density at radius 3 is 2.60 bits per heavy atom. The third kappa shape index (κ3) is 3.13. The maximum Gasteiger partial charge on any atom is 0.123 e. The highest BCUT2D eigenvalue weighted by molar-refractivity contribution is 5.50. The van der Waals surface area contributed by atoms with Crippen LogP contribution in [0.1, 0.15) is 42.9 Å². The number of nitrogens with two attached hydrogens (primary N) is 1. The van der Waals surface area contributed by atoms with Gasteiger partial charge in [0, 0.05) is 5.69 Å². The maximum absolute atomic E-state index is 6.03. The first kappa shape index (κ1) is 14.4. The number of rotatable bonds is 5. The van der Waals surface area contributed by atoms with E-state index in [2.05, 4.69) is 32.0 Å². The van der Waals surface area contributed by atoms with Crippen LogP contribution in [0.4, 0.5) is 5.69 Å². The van der Waals surface area contributed by atoms with Crippen LogP contribution in [-0.2, 0) is 6.61 Å². The Morgan fingerprint density at radius 1 is 1.10 bits per heavy atom. The van der Waals surface area contributed by atoms with Crippen LogP contribution < -0.4 is 10.5 Å². The largest absolute Gasteiger partial charge is 0.489 e. The number of nitrogen functional groups attached to an aromatic ring is 1. The molecule has 0 saturated heterocycles. The van der Waals surface area contributed by atoms with Gasteiger partial charge in [0.15, 0.2) is 0 Å². The fraction of sp³-hybridized carbons (Fsp3) is 0.333. The summed E-state index contributed by atoms with van der Waals surface area (Å²) in [4.78, 5) is 0. The Kier molecular flexibility index (Phi) is 4.67. The van der Waals surface area contributed by atoms with E-state index in [0.717, 1.165) is 29.0 Å². The van der Waals surface area contributed by atoms with Crippen molar-refractivity contribution in [3.8, 4) is 5.75 Å². The Hall–Kier alpha value is -1.96. The lowest BCUT2D eigenvalue weighted by atomic mass is 9.98. The van der Waals surface area contributed by atoms with Gasteiger partial charge >= 0.3 is 0 Å². The van der Waals surface area contributed by atoms with Gasteiger partial charge in [-0.1, -0.05) is 44.2 Å². The van der Waals surface area contributed by atoms with Crippen LogP contribution in [-0.4, -0.2) is 0 Å². The van der Waals surface area contributed by atoms with Crippen molar-refractivity contribution in [3.63, 3.8) is 0 Å². The van der Waals surface area contributed by atoms with Gasteiger partial charge in [-0.25, -0.2) is 0 Å². The number of benzene rings is 2. The Balaban J connectivity index is 2.17.